The topological polar surface area (TPSA) is 77.5 Å². The van der Waals surface area contributed by atoms with Crippen LogP contribution in [0.4, 0.5) is 0 Å². The first-order valence-corrected chi connectivity index (χ1v) is 9.48. The average Bonchev–Trinajstić information content (AvgIpc) is 3.34. The molecule has 1 aromatic heterocycles. The van der Waals surface area contributed by atoms with Gasteiger partial charge in [0, 0.05) is 11.1 Å². The molecule has 26 heavy (non-hydrogen) atoms. The molecule has 1 aromatic carbocycles. The molecule has 1 atom stereocenters. The molecule has 138 valence electrons. The maximum absolute atomic E-state index is 12.3. The molecule has 3 rings (SSSR count). The maximum atomic E-state index is 12.3. The second-order valence-electron chi connectivity index (χ2n) is 6.10. The van der Waals surface area contributed by atoms with Crippen molar-refractivity contribution in [3.05, 3.63) is 44.9 Å². The van der Waals surface area contributed by atoms with Crippen LogP contribution in [0.1, 0.15) is 40.1 Å². The van der Waals surface area contributed by atoms with Crippen molar-refractivity contribution < 1.29 is 19.1 Å². The number of aryl methyl sites for hydroxylation is 1. The summed E-state index contributed by atoms with van der Waals surface area (Å²) in [4.78, 5) is 28.9. The molecule has 0 aliphatic heterocycles. The number of ether oxygens (including phenoxy) is 2. The predicted molar refractivity (Wildman–Crippen MR) is 98.7 cm³/mol. The minimum absolute atomic E-state index is 0.227. The van der Waals surface area contributed by atoms with Crippen LogP contribution in [0.2, 0.25) is 5.02 Å². The van der Waals surface area contributed by atoms with E-state index in [1.165, 1.54) is 11.3 Å². The van der Waals surface area contributed by atoms with Gasteiger partial charge in [0.15, 0.2) is 6.10 Å². The van der Waals surface area contributed by atoms with Crippen LogP contribution in [-0.4, -0.2) is 29.0 Å². The van der Waals surface area contributed by atoms with Crippen molar-refractivity contribution >= 4 is 34.8 Å². The lowest BCUT2D eigenvalue weighted by Gasteiger charge is -2.12. The number of rotatable bonds is 7. The summed E-state index contributed by atoms with van der Waals surface area (Å²) in [5, 5.41) is 4.10. The summed E-state index contributed by atoms with van der Waals surface area (Å²) in [5.41, 5.74) is 0.560. The Morgan fingerprint density at radius 2 is 2.04 bits per heavy atom. The minimum Gasteiger partial charge on any atom is -0.486 e. The lowest BCUT2D eigenvalue weighted by molar-refractivity contribution is -0.129. The molecule has 1 fully saturated rings. The summed E-state index contributed by atoms with van der Waals surface area (Å²) in [6.45, 7) is 3.53. The van der Waals surface area contributed by atoms with Gasteiger partial charge in [-0.2, -0.15) is 0 Å². The van der Waals surface area contributed by atoms with E-state index in [-0.39, 0.29) is 18.6 Å². The molecule has 1 saturated carbocycles. The summed E-state index contributed by atoms with van der Waals surface area (Å²) in [7, 11) is 0. The van der Waals surface area contributed by atoms with Crippen molar-refractivity contribution in [3.8, 4) is 5.75 Å². The second-order valence-corrected chi connectivity index (χ2v) is 7.62. The number of carbonyl (C=O) groups is 2. The first kappa shape index (κ1) is 18.7. The molecule has 1 aliphatic carbocycles. The highest BCUT2D eigenvalue weighted by atomic mass is 35.5. The van der Waals surface area contributed by atoms with Crippen LogP contribution in [0.5, 0.6) is 5.75 Å². The number of halogens is 1. The Bertz CT molecular complexity index is 802. The highest BCUT2D eigenvalue weighted by Gasteiger charge is 2.28. The Morgan fingerprint density at radius 3 is 2.69 bits per heavy atom. The van der Waals surface area contributed by atoms with Crippen molar-refractivity contribution in [2.24, 2.45) is 0 Å². The summed E-state index contributed by atoms with van der Waals surface area (Å²) in [5.74, 6) is -0.151. The zero-order valence-corrected chi connectivity index (χ0v) is 16.0. The lowest BCUT2D eigenvalue weighted by atomic mass is 10.3. The largest absolute Gasteiger partial charge is 0.486 e. The van der Waals surface area contributed by atoms with E-state index in [0.29, 0.717) is 26.4 Å². The van der Waals surface area contributed by atoms with E-state index < -0.39 is 12.1 Å². The maximum Gasteiger partial charge on any atom is 0.351 e. The van der Waals surface area contributed by atoms with Gasteiger partial charge in [0.25, 0.3) is 5.91 Å². The van der Waals surface area contributed by atoms with Gasteiger partial charge in [0.2, 0.25) is 0 Å². The third-order valence-corrected chi connectivity index (χ3v) is 5.14. The highest BCUT2D eigenvalue weighted by Crippen LogP contribution is 2.23. The second kappa shape index (κ2) is 8.05. The predicted octanol–water partition coefficient (Wildman–Crippen LogP) is 3.51. The fraction of sp³-hybridized carbons (Fsp3) is 0.389. The van der Waals surface area contributed by atoms with Gasteiger partial charge in [-0.05, 0) is 51.0 Å². The van der Waals surface area contributed by atoms with Gasteiger partial charge < -0.3 is 14.8 Å². The van der Waals surface area contributed by atoms with Gasteiger partial charge >= 0.3 is 5.97 Å². The first-order valence-electron chi connectivity index (χ1n) is 8.28. The number of aromatic nitrogens is 1. The summed E-state index contributed by atoms with van der Waals surface area (Å²) in [6.07, 6.45) is 1.13. The molecule has 2 aromatic rings. The molecule has 1 N–H and O–H groups in total. The Balaban J connectivity index is 1.56. The minimum atomic E-state index is -0.835. The van der Waals surface area contributed by atoms with Crippen molar-refractivity contribution in [1.29, 1.82) is 0 Å². The normalized spacial score (nSPS) is 14.6. The van der Waals surface area contributed by atoms with Gasteiger partial charge in [0.1, 0.15) is 22.2 Å². The summed E-state index contributed by atoms with van der Waals surface area (Å²) in [6, 6.07) is 7.23. The Morgan fingerprint density at radius 1 is 1.35 bits per heavy atom. The molecule has 8 heteroatoms. The van der Waals surface area contributed by atoms with Crippen molar-refractivity contribution in [1.82, 2.24) is 10.3 Å². The number of thiazole rings is 1. The molecule has 6 nitrogen and oxygen atoms in total. The van der Waals surface area contributed by atoms with Crippen molar-refractivity contribution in [2.75, 3.05) is 0 Å². The summed E-state index contributed by atoms with van der Waals surface area (Å²) >= 11 is 7.04. The number of hydrogen-bond acceptors (Lipinski definition) is 6. The Labute approximate surface area is 160 Å². The van der Waals surface area contributed by atoms with Crippen LogP contribution in [0.25, 0.3) is 0 Å². The van der Waals surface area contributed by atoms with Crippen LogP contribution >= 0.6 is 22.9 Å². The van der Waals surface area contributed by atoms with E-state index in [2.05, 4.69) is 10.3 Å². The van der Waals surface area contributed by atoms with E-state index in [9.17, 15) is 9.59 Å². The fourth-order valence-corrected chi connectivity index (χ4v) is 3.18. The average molecular weight is 395 g/mol. The lowest BCUT2D eigenvalue weighted by Crippen LogP contribution is -2.37. The van der Waals surface area contributed by atoms with Crippen LogP contribution < -0.4 is 10.1 Å². The van der Waals surface area contributed by atoms with Crippen LogP contribution in [0.15, 0.2) is 24.3 Å². The van der Waals surface area contributed by atoms with E-state index in [1.807, 2.05) is 0 Å². The number of benzene rings is 1. The molecule has 0 radical (unpaired) electrons. The highest BCUT2D eigenvalue weighted by molar-refractivity contribution is 7.13. The molecule has 1 aliphatic rings. The molecule has 1 unspecified atom stereocenters. The van der Waals surface area contributed by atoms with Gasteiger partial charge in [-0.15, -0.1) is 11.3 Å². The molecule has 1 amide bonds. The van der Waals surface area contributed by atoms with Crippen LogP contribution in [0.3, 0.4) is 0 Å². The van der Waals surface area contributed by atoms with Crippen LogP contribution in [-0.2, 0) is 16.1 Å². The summed E-state index contributed by atoms with van der Waals surface area (Å²) < 4.78 is 10.9. The van der Waals surface area contributed by atoms with Crippen molar-refractivity contribution in [2.45, 2.75) is 45.4 Å². The van der Waals surface area contributed by atoms with Gasteiger partial charge in [0.05, 0.1) is 5.69 Å². The number of carbonyl (C=O) groups excluding carboxylic acids is 2. The number of esters is 1. The molecular weight excluding hydrogens is 376 g/mol. The first-order chi connectivity index (χ1) is 12.4. The fourth-order valence-electron chi connectivity index (χ4n) is 2.19. The van der Waals surface area contributed by atoms with Crippen molar-refractivity contribution in [3.63, 3.8) is 0 Å². The Hall–Kier alpha value is -2.12. The standard InChI is InChI=1S/C18H19ClN2O4S/c1-10-16(18(23)25-11(2)17(22)21-13-5-6-13)26-15(20-10)9-24-14-7-3-12(19)4-8-14/h3-4,7-8,11,13H,5-6,9H2,1-2H3,(H,21,22). The van der Waals surface area contributed by atoms with E-state index >= 15 is 0 Å². The van der Waals surface area contributed by atoms with E-state index in [4.69, 9.17) is 21.1 Å². The molecule has 0 spiro atoms. The smallest absolute Gasteiger partial charge is 0.351 e. The quantitative estimate of drug-likeness (QED) is 0.727. The van der Waals surface area contributed by atoms with Gasteiger partial charge in [-0.1, -0.05) is 11.6 Å². The van der Waals surface area contributed by atoms with Crippen LogP contribution in [0, 0.1) is 6.92 Å². The third kappa shape index (κ3) is 4.95. The zero-order chi connectivity index (χ0) is 18.7. The molecule has 0 bridgehead atoms. The Kier molecular flexibility index (Phi) is 5.78. The van der Waals surface area contributed by atoms with E-state index in [0.717, 1.165) is 12.8 Å². The zero-order valence-electron chi connectivity index (χ0n) is 14.5. The van der Waals surface area contributed by atoms with E-state index in [1.54, 1.807) is 38.1 Å². The number of nitrogens with one attached hydrogen (secondary N) is 1. The van der Waals surface area contributed by atoms with Gasteiger partial charge in [-0.3, -0.25) is 4.79 Å². The molecule has 0 saturated heterocycles. The number of hydrogen-bond donors (Lipinski definition) is 1. The molecular formula is C18H19ClN2O4S. The number of amides is 1. The van der Waals surface area contributed by atoms with Gasteiger partial charge in [-0.25, -0.2) is 9.78 Å². The number of nitrogens with zero attached hydrogens (tertiary/aromatic N) is 1. The monoisotopic (exact) mass is 394 g/mol. The molecule has 1 heterocycles. The third-order valence-electron chi connectivity index (χ3n) is 3.78. The SMILES string of the molecule is Cc1nc(COc2ccc(Cl)cc2)sc1C(=O)OC(C)C(=O)NC1CC1.